The summed E-state index contributed by atoms with van der Waals surface area (Å²) in [4.78, 5) is 7.13. The van der Waals surface area contributed by atoms with Crippen LogP contribution in [-0.4, -0.2) is 21.6 Å². The van der Waals surface area contributed by atoms with Crippen LogP contribution in [0.5, 0.6) is 0 Å². The van der Waals surface area contributed by atoms with Crippen LogP contribution in [0.15, 0.2) is 163 Å². The van der Waals surface area contributed by atoms with E-state index in [1.54, 1.807) is 11.3 Å². The lowest BCUT2D eigenvalue weighted by molar-refractivity contribution is 1.02. The fraction of sp³-hybridized carbons (Fsp3) is 0.0909. The molecule has 1 aliphatic carbocycles. The predicted molar refractivity (Wildman–Crippen MR) is 263 cm³/mol. The molecule has 0 atom stereocenters. The van der Waals surface area contributed by atoms with Gasteiger partial charge in [-0.15, -0.1) is 11.3 Å². The monoisotopic (exact) mass is 792 g/mol. The molecule has 4 nitrogen and oxygen atoms in total. The quantitative estimate of drug-likeness (QED) is 0.118. The van der Waals surface area contributed by atoms with Crippen LogP contribution in [0, 0.1) is 12.3 Å². The van der Waals surface area contributed by atoms with Gasteiger partial charge in [-0.25, -0.2) is 4.99 Å². The number of nitrogens with one attached hydrogen (secondary N) is 1. The van der Waals surface area contributed by atoms with Gasteiger partial charge in [0.25, 0.3) is 0 Å². The topological polar surface area (TPSA) is 46.1 Å². The maximum Gasteiger partial charge on any atom is 0.147 e. The Labute approximate surface area is 354 Å². The summed E-state index contributed by atoms with van der Waals surface area (Å²) in [5, 5.41) is 16.4. The third-order valence-corrected chi connectivity index (χ3v) is 13.2. The van der Waals surface area contributed by atoms with Crippen LogP contribution in [0.2, 0.25) is 0 Å². The van der Waals surface area contributed by atoms with Crippen molar-refractivity contribution in [1.82, 2.24) is 9.13 Å². The number of fused-ring (bicyclic) bond motifs is 8. The Hall–Kier alpha value is -7.08. The van der Waals surface area contributed by atoms with Gasteiger partial charge in [-0.1, -0.05) is 104 Å². The van der Waals surface area contributed by atoms with Crippen LogP contribution < -0.4 is 0 Å². The molecule has 0 saturated carbocycles. The zero-order valence-corrected chi connectivity index (χ0v) is 34.9. The first-order chi connectivity index (χ1) is 29.4. The molecule has 0 aliphatic heterocycles. The average molecular weight is 793 g/mol. The summed E-state index contributed by atoms with van der Waals surface area (Å²) in [6.07, 6.45) is 14.0. The normalized spacial score (nSPS) is 14.4. The SMILES string of the molecule is C=C/C=C(\C=C/C)n1c2ccc(-c3ccc4c(c3)c3cc5ccccc5cc3n4/C(N=C)=C3/C(=N)CCc4cc(-c5ccccc5)sc43)cc2c2c(/C=C\C)c(C)ccc21. The van der Waals surface area contributed by atoms with Crippen molar-refractivity contribution < 1.29 is 0 Å². The Bertz CT molecular complexity index is 3390. The molecule has 0 saturated heterocycles. The van der Waals surface area contributed by atoms with Gasteiger partial charge < -0.3 is 9.98 Å². The number of hydrogen-bond acceptors (Lipinski definition) is 3. The minimum Gasteiger partial charge on any atom is -0.309 e. The molecule has 0 unspecified atom stereocenters. The second kappa shape index (κ2) is 14.9. The molecule has 1 aliphatic rings. The van der Waals surface area contributed by atoms with E-state index in [-0.39, 0.29) is 0 Å². The average Bonchev–Trinajstić information content (AvgIpc) is 3.95. The van der Waals surface area contributed by atoms with Gasteiger partial charge >= 0.3 is 0 Å². The van der Waals surface area contributed by atoms with Gasteiger partial charge in [-0.3, -0.25) is 4.57 Å². The number of rotatable bonds is 8. The van der Waals surface area contributed by atoms with E-state index in [1.165, 1.54) is 43.3 Å². The van der Waals surface area contributed by atoms with Gasteiger partial charge in [0.05, 0.1) is 27.6 Å². The van der Waals surface area contributed by atoms with E-state index in [4.69, 9.17) is 4.99 Å². The molecule has 290 valence electrons. The van der Waals surface area contributed by atoms with Crippen molar-refractivity contribution in [3.8, 4) is 21.6 Å². The lowest BCUT2D eigenvalue weighted by atomic mass is 9.92. The Morgan fingerprint density at radius 3 is 2.10 bits per heavy atom. The smallest absolute Gasteiger partial charge is 0.147 e. The third kappa shape index (κ3) is 5.88. The molecular formula is C55H44N4S. The number of allylic oxidation sites excluding steroid dienone is 7. The van der Waals surface area contributed by atoms with Crippen LogP contribution >= 0.6 is 11.3 Å². The standard InChI is InChI=1S/C55H44N4S/c1-6-14-41(15-7-2)58-48-28-24-39(31-45(48)52-42(16-8-3)34(4)21-26-49(52)58)38-23-27-47-43(30-38)44-29-36-19-12-13-20-37(36)32-50(44)59(47)55(57-5)53-46(56)25-22-40-33-51(60-54(40)53)35-17-10-9-11-18-35/h6-21,23-24,26-33,56H,1,5,22,25H2,2-4H3/b15-7-,16-8-,41-14+,55-53-,56-46?. The maximum atomic E-state index is 9.40. The molecule has 0 spiro atoms. The molecule has 3 heterocycles. The van der Waals surface area contributed by atoms with Crippen molar-refractivity contribution in [2.24, 2.45) is 4.99 Å². The van der Waals surface area contributed by atoms with Gasteiger partial charge in [0.15, 0.2) is 0 Å². The number of nitrogens with zero attached hydrogens (tertiary/aromatic N) is 3. The van der Waals surface area contributed by atoms with Crippen LogP contribution in [0.4, 0.5) is 0 Å². The number of benzene rings is 6. The molecule has 5 heteroatoms. The minimum absolute atomic E-state index is 0.597. The molecule has 0 amide bonds. The Morgan fingerprint density at radius 2 is 1.38 bits per heavy atom. The van der Waals surface area contributed by atoms with Crippen molar-refractivity contribution in [3.63, 3.8) is 0 Å². The summed E-state index contributed by atoms with van der Waals surface area (Å²) in [7, 11) is 0. The van der Waals surface area contributed by atoms with Crippen molar-refractivity contribution >= 4 is 101 Å². The molecule has 0 radical (unpaired) electrons. The zero-order chi connectivity index (χ0) is 41.1. The van der Waals surface area contributed by atoms with E-state index < -0.39 is 0 Å². The highest BCUT2D eigenvalue weighted by Crippen LogP contribution is 2.45. The third-order valence-electron chi connectivity index (χ3n) is 12.0. The molecule has 9 aromatic rings. The number of aryl methyl sites for hydroxylation is 2. The van der Waals surface area contributed by atoms with Gasteiger partial charge in [-0.05, 0) is 145 Å². The highest BCUT2D eigenvalue weighted by Gasteiger charge is 2.28. The fourth-order valence-electron chi connectivity index (χ4n) is 9.28. The summed E-state index contributed by atoms with van der Waals surface area (Å²) in [6.45, 7) is 14.6. The number of hydrogen-bond donors (Lipinski definition) is 1. The van der Waals surface area contributed by atoms with Crippen molar-refractivity contribution in [1.29, 1.82) is 5.41 Å². The van der Waals surface area contributed by atoms with Crippen LogP contribution in [-0.2, 0) is 6.42 Å². The van der Waals surface area contributed by atoms with E-state index in [9.17, 15) is 5.41 Å². The first-order valence-electron chi connectivity index (χ1n) is 20.5. The van der Waals surface area contributed by atoms with Crippen molar-refractivity contribution in [2.75, 3.05) is 0 Å². The van der Waals surface area contributed by atoms with E-state index in [2.05, 4.69) is 195 Å². The van der Waals surface area contributed by atoms with Crippen molar-refractivity contribution in [2.45, 2.75) is 33.6 Å². The summed E-state index contributed by atoms with van der Waals surface area (Å²) in [5.74, 6) is 0.705. The first-order valence-corrected chi connectivity index (χ1v) is 21.3. The lowest BCUT2D eigenvalue weighted by Crippen LogP contribution is -2.13. The minimum atomic E-state index is 0.597. The van der Waals surface area contributed by atoms with Gasteiger partial charge in [0.2, 0.25) is 0 Å². The van der Waals surface area contributed by atoms with E-state index in [0.29, 0.717) is 18.0 Å². The van der Waals surface area contributed by atoms with E-state index in [0.717, 1.165) is 71.9 Å². The highest BCUT2D eigenvalue weighted by atomic mass is 32.1. The van der Waals surface area contributed by atoms with Gasteiger partial charge in [0, 0.05) is 42.7 Å². The molecule has 10 rings (SSSR count). The van der Waals surface area contributed by atoms with Crippen molar-refractivity contribution in [3.05, 3.63) is 180 Å². The summed E-state index contributed by atoms with van der Waals surface area (Å²) < 4.78 is 4.61. The Morgan fingerprint density at radius 1 is 0.700 bits per heavy atom. The molecule has 60 heavy (non-hydrogen) atoms. The molecule has 1 N–H and O–H groups in total. The summed E-state index contributed by atoms with van der Waals surface area (Å²) >= 11 is 1.75. The van der Waals surface area contributed by atoms with Gasteiger partial charge in [0.1, 0.15) is 5.82 Å². The van der Waals surface area contributed by atoms with E-state index >= 15 is 0 Å². The largest absolute Gasteiger partial charge is 0.309 e. The number of aromatic nitrogens is 2. The highest BCUT2D eigenvalue weighted by molar-refractivity contribution is 7.17. The Balaban J connectivity index is 1.23. The summed E-state index contributed by atoms with van der Waals surface area (Å²) in [6, 6.07) is 44.1. The fourth-order valence-corrected chi connectivity index (χ4v) is 10.6. The molecule has 3 aromatic heterocycles. The van der Waals surface area contributed by atoms with Crippen LogP contribution in [0.3, 0.4) is 0 Å². The number of aliphatic imine (C=N–C) groups is 1. The Kier molecular flexibility index (Phi) is 9.27. The first kappa shape index (κ1) is 37.2. The van der Waals surface area contributed by atoms with Crippen LogP contribution in [0.25, 0.3) is 99.1 Å². The van der Waals surface area contributed by atoms with E-state index in [1.807, 2.05) is 6.08 Å². The molecule has 0 fully saturated rings. The molecular weight excluding hydrogens is 749 g/mol. The maximum absolute atomic E-state index is 9.40. The number of thiophene rings is 1. The predicted octanol–water partition coefficient (Wildman–Crippen LogP) is 15.4. The molecule has 0 bridgehead atoms. The van der Waals surface area contributed by atoms with Gasteiger partial charge in [-0.2, -0.15) is 0 Å². The van der Waals surface area contributed by atoms with Crippen LogP contribution in [0.1, 0.15) is 41.8 Å². The zero-order valence-electron chi connectivity index (χ0n) is 34.1. The molecule has 6 aromatic carbocycles. The second-order valence-corrected chi connectivity index (χ2v) is 16.6. The summed E-state index contributed by atoms with van der Waals surface area (Å²) in [5.41, 5.74) is 14.1. The lowest BCUT2D eigenvalue weighted by Gasteiger charge is -2.20. The second-order valence-electron chi connectivity index (χ2n) is 15.5.